The Hall–Kier alpha value is -1.53. The minimum absolute atomic E-state index is 0.265. The van der Waals surface area contributed by atoms with Crippen molar-refractivity contribution < 1.29 is 4.74 Å². The number of anilines is 1. The first-order chi connectivity index (χ1) is 8.26. The Morgan fingerprint density at radius 2 is 2.24 bits per heavy atom. The third-order valence-electron chi connectivity index (χ3n) is 3.48. The van der Waals surface area contributed by atoms with Gasteiger partial charge in [-0.05, 0) is 37.8 Å². The highest BCUT2D eigenvalue weighted by Gasteiger charge is 2.27. The number of aryl methyl sites for hydroxylation is 1. The summed E-state index contributed by atoms with van der Waals surface area (Å²) in [6.07, 6.45) is 3.66. The topological polar surface area (TPSA) is 45.0 Å². The predicted octanol–water partition coefficient (Wildman–Crippen LogP) is 2.85. The molecule has 1 N–H and O–H groups in total. The molecule has 0 saturated heterocycles. The standard InChI is InChI=1S/C14H18N2O/c1-10-5-3-6-11(9-15)14(10)16-12-7-4-8-13(12)17-2/h3,5-6,12-13,16H,4,7-8H2,1-2H3. The highest BCUT2D eigenvalue weighted by Crippen LogP contribution is 2.28. The molecule has 1 aliphatic carbocycles. The minimum Gasteiger partial charge on any atom is -0.379 e. The van der Waals surface area contributed by atoms with Crippen LogP contribution in [-0.2, 0) is 4.74 Å². The van der Waals surface area contributed by atoms with Crippen molar-refractivity contribution in [1.82, 2.24) is 0 Å². The van der Waals surface area contributed by atoms with E-state index < -0.39 is 0 Å². The van der Waals surface area contributed by atoms with E-state index in [9.17, 15) is 0 Å². The normalized spacial score (nSPS) is 23.4. The minimum atomic E-state index is 0.265. The molecule has 0 aliphatic heterocycles. The van der Waals surface area contributed by atoms with Gasteiger partial charge in [-0.15, -0.1) is 0 Å². The molecule has 1 saturated carbocycles. The number of nitriles is 1. The van der Waals surface area contributed by atoms with Crippen LogP contribution >= 0.6 is 0 Å². The monoisotopic (exact) mass is 230 g/mol. The Kier molecular flexibility index (Phi) is 3.65. The van der Waals surface area contributed by atoms with Crippen LogP contribution in [0.4, 0.5) is 5.69 Å². The Labute approximate surface area is 102 Å². The molecule has 0 amide bonds. The van der Waals surface area contributed by atoms with Gasteiger partial charge in [-0.2, -0.15) is 5.26 Å². The van der Waals surface area contributed by atoms with Gasteiger partial charge in [-0.3, -0.25) is 0 Å². The van der Waals surface area contributed by atoms with Gasteiger partial charge >= 0.3 is 0 Å². The summed E-state index contributed by atoms with van der Waals surface area (Å²) in [5, 5.41) is 12.6. The average Bonchev–Trinajstić information content (AvgIpc) is 2.79. The number of hydrogen-bond acceptors (Lipinski definition) is 3. The summed E-state index contributed by atoms with van der Waals surface area (Å²) in [6.45, 7) is 2.03. The number of benzene rings is 1. The average molecular weight is 230 g/mol. The second kappa shape index (κ2) is 5.20. The van der Waals surface area contributed by atoms with Gasteiger partial charge in [0.15, 0.2) is 0 Å². The molecule has 3 heteroatoms. The zero-order valence-electron chi connectivity index (χ0n) is 10.4. The summed E-state index contributed by atoms with van der Waals surface area (Å²) in [6, 6.07) is 8.37. The van der Waals surface area contributed by atoms with E-state index in [1.54, 1.807) is 7.11 Å². The lowest BCUT2D eigenvalue weighted by Crippen LogP contribution is -2.30. The fourth-order valence-corrected chi connectivity index (χ4v) is 2.51. The first-order valence-corrected chi connectivity index (χ1v) is 6.05. The number of rotatable bonds is 3. The van der Waals surface area contributed by atoms with Crippen LogP contribution in [0.5, 0.6) is 0 Å². The van der Waals surface area contributed by atoms with Gasteiger partial charge in [0.25, 0.3) is 0 Å². The lowest BCUT2D eigenvalue weighted by Gasteiger charge is -2.22. The van der Waals surface area contributed by atoms with Crippen LogP contribution in [-0.4, -0.2) is 19.3 Å². The first kappa shape index (κ1) is 11.9. The van der Waals surface area contributed by atoms with Gasteiger partial charge in [0.05, 0.1) is 23.4 Å². The van der Waals surface area contributed by atoms with Gasteiger partial charge in [0.2, 0.25) is 0 Å². The quantitative estimate of drug-likeness (QED) is 0.868. The second-order valence-corrected chi connectivity index (χ2v) is 4.57. The maximum atomic E-state index is 9.12. The molecule has 90 valence electrons. The number of hydrogen-bond donors (Lipinski definition) is 1. The van der Waals surface area contributed by atoms with Gasteiger partial charge in [0.1, 0.15) is 6.07 Å². The smallest absolute Gasteiger partial charge is 0.101 e. The van der Waals surface area contributed by atoms with Gasteiger partial charge < -0.3 is 10.1 Å². The molecule has 1 aromatic carbocycles. The van der Waals surface area contributed by atoms with E-state index in [2.05, 4.69) is 11.4 Å². The summed E-state index contributed by atoms with van der Waals surface area (Å²) < 4.78 is 5.46. The lowest BCUT2D eigenvalue weighted by atomic mass is 10.1. The van der Waals surface area contributed by atoms with E-state index in [1.165, 1.54) is 6.42 Å². The van der Waals surface area contributed by atoms with Gasteiger partial charge in [0, 0.05) is 7.11 Å². The highest BCUT2D eigenvalue weighted by atomic mass is 16.5. The molecule has 1 aromatic rings. The van der Waals surface area contributed by atoms with Crippen molar-refractivity contribution in [2.75, 3.05) is 12.4 Å². The number of para-hydroxylation sites is 1. The van der Waals surface area contributed by atoms with Crippen molar-refractivity contribution in [2.24, 2.45) is 0 Å². The number of methoxy groups -OCH3 is 1. The number of nitrogens with one attached hydrogen (secondary N) is 1. The summed E-state index contributed by atoms with van der Waals surface area (Å²) in [4.78, 5) is 0. The van der Waals surface area contributed by atoms with Gasteiger partial charge in [-0.25, -0.2) is 0 Å². The van der Waals surface area contributed by atoms with Crippen LogP contribution in [0.2, 0.25) is 0 Å². The van der Waals surface area contributed by atoms with Crippen molar-refractivity contribution in [3.05, 3.63) is 29.3 Å². The van der Waals surface area contributed by atoms with Crippen molar-refractivity contribution in [3.63, 3.8) is 0 Å². The molecule has 2 rings (SSSR count). The summed E-state index contributed by atoms with van der Waals surface area (Å²) in [5.74, 6) is 0. The molecular weight excluding hydrogens is 212 g/mol. The maximum absolute atomic E-state index is 9.12. The molecule has 3 nitrogen and oxygen atoms in total. The van der Waals surface area contributed by atoms with E-state index >= 15 is 0 Å². The fraction of sp³-hybridized carbons (Fsp3) is 0.500. The second-order valence-electron chi connectivity index (χ2n) is 4.57. The van der Waals surface area contributed by atoms with E-state index in [0.717, 1.165) is 24.1 Å². The van der Waals surface area contributed by atoms with Gasteiger partial charge in [-0.1, -0.05) is 12.1 Å². The summed E-state index contributed by atoms with van der Waals surface area (Å²) >= 11 is 0. The van der Waals surface area contributed by atoms with Crippen LogP contribution < -0.4 is 5.32 Å². The molecule has 2 unspecified atom stereocenters. The predicted molar refractivity (Wildman–Crippen MR) is 68.0 cm³/mol. The molecule has 1 fully saturated rings. The first-order valence-electron chi connectivity index (χ1n) is 6.05. The van der Waals surface area contributed by atoms with Crippen molar-refractivity contribution in [1.29, 1.82) is 5.26 Å². The number of ether oxygens (including phenoxy) is 1. The lowest BCUT2D eigenvalue weighted by molar-refractivity contribution is 0.101. The van der Waals surface area contributed by atoms with Crippen molar-refractivity contribution >= 4 is 5.69 Å². The highest BCUT2D eigenvalue weighted by molar-refractivity contribution is 5.62. The molecular formula is C14H18N2O. The molecule has 0 bridgehead atoms. The maximum Gasteiger partial charge on any atom is 0.101 e. The molecule has 17 heavy (non-hydrogen) atoms. The van der Waals surface area contributed by atoms with E-state index in [0.29, 0.717) is 11.6 Å². The Balaban J connectivity index is 2.21. The van der Waals surface area contributed by atoms with Crippen LogP contribution in [0.25, 0.3) is 0 Å². The summed E-state index contributed by atoms with van der Waals surface area (Å²) in [5.41, 5.74) is 2.79. The van der Waals surface area contributed by atoms with Crippen LogP contribution in [0.15, 0.2) is 18.2 Å². The van der Waals surface area contributed by atoms with Crippen LogP contribution in [0, 0.1) is 18.3 Å². The summed E-state index contributed by atoms with van der Waals surface area (Å²) in [7, 11) is 1.76. The number of nitrogens with zero attached hydrogens (tertiary/aromatic N) is 1. The zero-order valence-corrected chi connectivity index (χ0v) is 10.4. The van der Waals surface area contributed by atoms with E-state index in [4.69, 9.17) is 10.00 Å². The van der Waals surface area contributed by atoms with E-state index in [1.807, 2.05) is 25.1 Å². The Morgan fingerprint density at radius 1 is 1.41 bits per heavy atom. The Bertz CT molecular complexity index is 436. The third kappa shape index (κ3) is 2.42. The van der Waals surface area contributed by atoms with Crippen molar-refractivity contribution in [3.8, 4) is 6.07 Å². The largest absolute Gasteiger partial charge is 0.379 e. The van der Waals surface area contributed by atoms with Crippen LogP contribution in [0.3, 0.4) is 0 Å². The molecule has 0 heterocycles. The zero-order chi connectivity index (χ0) is 12.3. The molecule has 0 aromatic heterocycles. The molecule has 0 radical (unpaired) electrons. The third-order valence-corrected chi connectivity index (χ3v) is 3.48. The molecule has 0 spiro atoms. The SMILES string of the molecule is COC1CCCC1Nc1c(C)cccc1C#N. The molecule has 2 atom stereocenters. The van der Waals surface area contributed by atoms with E-state index in [-0.39, 0.29) is 6.10 Å². The fourth-order valence-electron chi connectivity index (χ4n) is 2.51. The molecule has 1 aliphatic rings. The van der Waals surface area contributed by atoms with Crippen molar-refractivity contribution in [2.45, 2.75) is 38.3 Å². The van der Waals surface area contributed by atoms with Crippen LogP contribution in [0.1, 0.15) is 30.4 Å². The Morgan fingerprint density at radius 3 is 2.94 bits per heavy atom.